The van der Waals surface area contributed by atoms with Crippen LogP contribution in [0.25, 0.3) is 10.9 Å². The Labute approximate surface area is 125 Å². The van der Waals surface area contributed by atoms with Crippen LogP contribution in [0.15, 0.2) is 24.4 Å². The van der Waals surface area contributed by atoms with Gasteiger partial charge in [-0.05, 0) is 18.6 Å². The first-order valence-electron chi connectivity index (χ1n) is 7.59. The third-order valence-electron chi connectivity index (χ3n) is 3.63. The first kappa shape index (κ1) is 15.5. The Bertz CT molecular complexity index is 580. The fourth-order valence-electron chi connectivity index (χ4n) is 2.42. The summed E-state index contributed by atoms with van der Waals surface area (Å²) in [7, 11) is 0. The Kier molecular flexibility index (Phi) is 5.75. The third-order valence-corrected chi connectivity index (χ3v) is 3.63. The van der Waals surface area contributed by atoms with Crippen molar-refractivity contribution >= 4 is 16.8 Å². The van der Waals surface area contributed by atoms with E-state index < -0.39 is 0 Å². The number of aromatic amines is 1. The van der Waals surface area contributed by atoms with E-state index in [9.17, 15) is 4.79 Å². The number of benzene rings is 1. The van der Waals surface area contributed by atoms with Crippen LogP contribution in [0.5, 0.6) is 0 Å². The SMILES string of the molecule is CCCCCCN(CCO)C(=O)c1ccc2cn[nH]c2c1. The molecule has 1 aromatic heterocycles. The number of amides is 1. The minimum Gasteiger partial charge on any atom is -0.395 e. The van der Waals surface area contributed by atoms with Crippen LogP contribution in [0.1, 0.15) is 43.0 Å². The molecule has 2 aromatic rings. The van der Waals surface area contributed by atoms with Crippen molar-refractivity contribution in [2.75, 3.05) is 19.7 Å². The lowest BCUT2D eigenvalue weighted by Gasteiger charge is -2.21. The molecule has 0 bridgehead atoms. The summed E-state index contributed by atoms with van der Waals surface area (Å²) < 4.78 is 0. The van der Waals surface area contributed by atoms with Gasteiger partial charge in [-0.3, -0.25) is 9.89 Å². The van der Waals surface area contributed by atoms with Gasteiger partial charge in [0, 0.05) is 24.0 Å². The minimum absolute atomic E-state index is 0.00812. The number of hydrogen-bond donors (Lipinski definition) is 2. The summed E-state index contributed by atoms with van der Waals surface area (Å²) in [4.78, 5) is 14.3. The number of unbranched alkanes of at least 4 members (excludes halogenated alkanes) is 3. The fraction of sp³-hybridized carbons (Fsp3) is 0.500. The highest BCUT2D eigenvalue weighted by Gasteiger charge is 2.15. The van der Waals surface area contributed by atoms with Crippen LogP contribution in [-0.2, 0) is 0 Å². The van der Waals surface area contributed by atoms with E-state index in [2.05, 4.69) is 17.1 Å². The zero-order valence-corrected chi connectivity index (χ0v) is 12.5. The minimum atomic E-state index is -0.0305. The van der Waals surface area contributed by atoms with E-state index in [0.717, 1.165) is 23.7 Å². The Hall–Kier alpha value is -1.88. The van der Waals surface area contributed by atoms with Gasteiger partial charge in [-0.15, -0.1) is 0 Å². The molecule has 1 heterocycles. The quantitative estimate of drug-likeness (QED) is 0.734. The molecule has 2 N–H and O–H groups in total. The van der Waals surface area contributed by atoms with Gasteiger partial charge >= 0.3 is 0 Å². The van der Waals surface area contributed by atoms with E-state index >= 15 is 0 Å². The van der Waals surface area contributed by atoms with Gasteiger partial charge in [0.15, 0.2) is 0 Å². The zero-order chi connectivity index (χ0) is 15.1. The van der Waals surface area contributed by atoms with Gasteiger partial charge in [0.1, 0.15) is 0 Å². The largest absolute Gasteiger partial charge is 0.395 e. The van der Waals surface area contributed by atoms with Crippen molar-refractivity contribution in [3.05, 3.63) is 30.0 Å². The van der Waals surface area contributed by atoms with E-state index in [1.54, 1.807) is 11.1 Å². The summed E-state index contributed by atoms with van der Waals surface area (Å²) >= 11 is 0. The normalized spacial score (nSPS) is 11.0. The molecule has 2 rings (SSSR count). The molecular formula is C16H23N3O2. The lowest BCUT2D eigenvalue weighted by atomic mass is 10.1. The first-order valence-corrected chi connectivity index (χ1v) is 7.59. The van der Waals surface area contributed by atoms with E-state index in [1.807, 2.05) is 18.2 Å². The van der Waals surface area contributed by atoms with E-state index in [0.29, 0.717) is 18.7 Å². The molecule has 0 saturated carbocycles. The Morgan fingerprint density at radius 1 is 1.29 bits per heavy atom. The second-order valence-electron chi connectivity index (χ2n) is 5.25. The van der Waals surface area contributed by atoms with Crippen LogP contribution in [0.3, 0.4) is 0 Å². The van der Waals surface area contributed by atoms with Gasteiger partial charge in [0.05, 0.1) is 18.3 Å². The number of H-pyrrole nitrogens is 1. The van der Waals surface area contributed by atoms with Crippen LogP contribution < -0.4 is 0 Å². The van der Waals surface area contributed by atoms with Gasteiger partial charge < -0.3 is 10.0 Å². The van der Waals surface area contributed by atoms with Crippen LogP contribution in [-0.4, -0.2) is 45.8 Å². The summed E-state index contributed by atoms with van der Waals surface area (Å²) in [5.74, 6) is -0.0305. The molecule has 5 nitrogen and oxygen atoms in total. The van der Waals surface area contributed by atoms with E-state index in [4.69, 9.17) is 5.11 Å². The van der Waals surface area contributed by atoms with Crippen molar-refractivity contribution in [3.8, 4) is 0 Å². The highest BCUT2D eigenvalue weighted by molar-refractivity contribution is 5.97. The van der Waals surface area contributed by atoms with Crippen LogP contribution >= 0.6 is 0 Å². The molecule has 0 aliphatic heterocycles. The van der Waals surface area contributed by atoms with Gasteiger partial charge in [-0.2, -0.15) is 5.10 Å². The smallest absolute Gasteiger partial charge is 0.254 e. The number of hydrogen-bond acceptors (Lipinski definition) is 3. The summed E-state index contributed by atoms with van der Waals surface area (Å²) in [6.45, 7) is 3.23. The Morgan fingerprint density at radius 3 is 2.90 bits per heavy atom. The third kappa shape index (κ3) is 4.04. The Morgan fingerprint density at radius 2 is 2.14 bits per heavy atom. The molecule has 0 aliphatic carbocycles. The Balaban J connectivity index is 2.05. The molecule has 0 radical (unpaired) electrons. The number of rotatable bonds is 8. The summed E-state index contributed by atoms with van der Waals surface area (Å²) in [6, 6.07) is 5.53. The number of fused-ring (bicyclic) bond motifs is 1. The topological polar surface area (TPSA) is 69.2 Å². The average Bonchev–Trinajstić information content (AvgIpc) is 2.97. The fourth-order valence-corrected chi connectivity index (χ4v) is 2.42. The van der Waals surface area contributed by atoms with Gasteiger partial charge in [0.2, 0.25) is 0 Å². The molecule has 0 aliphatic rings. The van der Waals surface area contributed by atoms with E-state index in [1.165, 1.54) is 12.8 Å². The molecule has 21 heavy (non-hydrogen) atoms. The standard InChI is InChI=1S/C16H23N3O2/c1-2-3-4-5-8-19(9-10-20)16(21)13-6-7-14-12-17-18-15(14)11-13/h6-7,11-12,20H,2-5,8-10H2,1H3,(H,17,18). The number of nitrogens with zero attached hydrogens (tertiary/aromatic N) is 2. The second-order valence-corrected chi connectivity index (χ2v) is 5.25. The number of carbonyl (C=O) groups is 1. The molecule has 1 aromatic carbocycles. The summed E-state index contributed by atoms with van der Waals surface area (Å²) in [5, 5.41) is 17.0. The lowest BCUT2D eigenvalue weighted by Crippen LogP contribution is -2.34. The van der Waals surface area contributed by atoms with Crippen LogP contribution in [0.4, 0.5) is 0 Å². The van der Waals surface area contributed by atoms with Crippen molar-refractivity contribution in [2.24, 2.45) is 0 Å². The van der Waals surface area contributed by atoms with Crippen LogP contribution in [0, 0.1) is 0 Å². The van der Waals surface area contributed by atoms with Crippen LogP contribution in [0.2, 0.25) is 0 Å². The predicted molar refractivity (Wildman–Crippen MR) is 83.2 cm³/mol. The second kappa shape index (κ2) is 7.78. The summed E-state index contributed by atoms with van der Waals surface area (Å²) in [5.41, 5.74) is 1.49. The molecule has 0 atom stereocenters. The maximum Gasteiger partial charge on any atom is 0.254 e. The maximum atomic E-state index is 12.5. The van der Waals surface area contributed by atoms with Crippen molar-refractivity contribution in [1.82, 2.24) is 15.1 Å². The highest BCUT2D eigenvalue weighted by Crippen LogP contribution is 2.15. The monoisotopic (exact) mass is 289 g/mol. The zero-order valence-electron chi connectivity index (χ0n) is 12.5. The average molecular weight is 289 g/mol. The predicted octanol–water partition coefficient (Wildman–Crippen LogP) is 2.58. The van der Waals surface area contributed by atoms with Crippen molar-refractivity contribution in [1.29, 1.82) is 0 Å². The number of carbonyl (C=O) groups excluding carboxylic acids is 1. The van der Waals surface area contributed by atoms with Crippen molar-refractivity contribution < 1.29 is 9.90 Å². The van der Waals surface area contributed by atoms with Gasteiger partial charge in [0.25, 0.3) is 5.91 Å². The lowest BCUT2D eigenvalue weighted by molar-refractivity contribution is 0.0718. The molecule has 1 amide bonds. The number of nitrogens with one attached hydrogen (secondary N) is 1. The van der Waals surface area contributed by atoms with Crippen molar-refractivity contribution in [3.63, 3.8) is 0 Å². The number of aliphatic hydroxyl groups is 1. The molecule has 114 valence electrons. The van der Waals surface area contributed by atoms with Crippen molar-refractivity contribution in [2.45, 2.75) is 32.6 Å². The van der Waals surface area contributed by atoms with Gasteiger partial charge in [-0.1, -0.05) is 32.3 Å². The molecule has 0 spiro atoms. The number of aliphatic hydroxyl groups excluding tert-OH is 1. The molecule has 5 heteroatoms. The highest BCUT2D eigenvalue weighted by atomic mass is 16.3. The molecule has 0 saturated heterocycles. The molecule has 0 unspecified atom stereocenters. The van der Waals surface area contributed by atoms with Gasteiger partial charge in [-0.25, -0.2) is 0 Å². The number of aromatic nitrogens is 2. The summed E-state index contributed by atoms with van der Waals surface area (Å²) in [6.07, 6.45) is 6.18. The molecular weight excluding hydrogens is 266 g/mol. The molecule has 0 fully saturated rings. The maximum absolute atomic E-state index is 12.5. The van der Waals surface area contributed by atoms with E-state index in [-0.39, 0.29) is 12.5 Å². The first-order chi connectivity index (χ1) is 10.3.